The Hall–Kier alpha value is -2.78. The van der Waals surface area contributed by atoms with Crippen LogP contribution in [0.25, 0.3) is 0 Å². The van der Waals surface area contributed by atoms with Crippen LogP contribution < -0.4 is 14.8 Å². The van der Waals surface area contributed by atoms with Gasteiger partial charge in [0.25, 0.3) is 0 Å². The summed E-state index contributed by atoms with van der Waals surface area (Å²) in [4.78, 5) is 0. The summed E-state index contributed by atoms with van der Waals surface area (Å²) in [7, 11) is 1.74. The Labute approximate surface area is 167 Å². The first-order valence-electron chi connectivity index (χ1n) is 9.84. The van der Waals surface area contributed by atoms with Crippen molar-refractivity contribution in [3.63, 3.8) is 0 Å². The van der Waals surface area contributed by atoms with Crippen LogP contribution in [0.5, 0.6) is 11.5 Å². The van der Waals surface area contributed by atoms with Crippen molar-refractivity contribution < 1.29 is 9.47 Å². The highest BCUT2D eigenvalue weighted by atomic mass is 16.5. The molecule has 0 fully saturated rings. The Kier molecular flexibility index (Phi) is 5.36. The maximum atomic E-state index is 6.03. The van der Waals surface area contributed by atoms with E-state index in [1.54, 1.807) is 7.11 Å². The van der Waals surface area contributed by atoms with E-state index in [4.69, 9.17) is 9.47 Å². The fourth-order valence-electron chi connectivity index (χ4n) is 4.14. The topological polar surface area (TPSA) is 30.5 Å². The summed E-state index contributed by atoms with van der Waals surface area (Å²) in [5.41, 5.74) is 7.52. The molecule has 0 bridgehead atoms. The summed E-state index contributed by atoms with van der Waals surface area (Å²) in [6.45, 7) is 5.78. The van der Waals surface area contributed by atoms with E-state index in [1.165, 1.54) is 33.4 Å². The van der Waals surface area contributed by atoms with Crippen molar-refractivity contribution in [1.82, 2.24) is 5.32 Å². The van der Waals surface area contributed by atoms with Gasteiger partial charge in [0.1, 0.15) is 18.1 Å². The first-order valence-corrected chi connectivity index (χ1v) is 9.84. The molecule has 28 heavy (non-hydrogen) atoms. The molecule has 4 rings (SSSR count). The van der Waals surface area contributed by atoms with Gasteiger partial charge in [-0.15, -0.1) is 0 Å². The summed E-state index contributed by atoms with van der Waals surface area (Å²) < 4.78 is 11.6. The molecule has 0 saturated carbocycles. The second kappa shape index (κ2) is 8.07. The van der Waals surface area contributed by atoms with Gasteiger partial charge in [0.2, 0.25) is 0 Å². The van der Waals surface area contributed by atoms with Crippen LogP contribution in [0.3, 0.4) is 0 Å². The predicted octanol–water partition coefficient (Wildman–Crippen LogP) is 5.13. The molecule has 3 nitrogen and oxygen atoms in total. The summed E-state index contributed by atoms with van der Waals surface area (Å²) >= 11 is 0. The third-order valence-corrected chi connectivity index (χ3v) is 5.44. The Morgan fingerprint density at radius 1 is 0.964 bits per heavy atom. The minimum atomic E-state index is 0.204. The van der Waals surface area contributed by atoms with E-state index in [-0.39, 0.29) is 6.04 Å². The van der Waals surface area contributed by atoms with Crippen LogP contribution in [0.4, 0.5) is 0 Å². The molecule has 1 heterocycles. The molecule has 0 radical (unpaired) electrons. The van der Waals surface area contributed by atoms with Gasteiger partial charge in [0.15, 0.2) is 0 Å². The number of ether oxygens (including phenoxy) is 2. The lowest BCUT2D eigenvalue weighted by Crippen LogP contribution is -2.30. The van der Waals surface area contributed by atoms with Crippen LogP contribution in [0.1, 0.15) is 39.4 Å². The van der Waals surface area contributed by atoms with Crippen molar-refractivity contribution in [2.24, 2.45) is 0 Å². The van der Waals surface area contributed by atoms with E-state index < -0.39 is 0 Å². The lowest BCUT2D eigenvalue weighted by Gasteiger charge is -2.28. The van der Waals surface area contributed by atoms with E-state index >= 15 is 0 Å². The first kappa shape index (κ1) is 18.6. The van der Waals surface area contributed by atoms with Crippen molar-refractivity contribution >= 4 is 0 Å². The van der Waals surface area contributed by atoms with Gasteiger partial charge < -0.3 is 14.8 Å². The van der Waals surface area contributed by atoms with E-state index in [9.17, 15) is 0 Å². The second-order valence-corrected chi connectivity index (χ2v) is 7.46. The SMILES string of the molecule is COc1c(C)cc(C2NCCc3cc(OCc4ccccc4)ccc32)cc1C. The van der Waals surface area contributed by atoms with Gasteiger partial charge in [0.05, 0.1) is 13.2 Å². The van der Waals surface area contributed by atoms with Gasteiger partial charge in [-0.2, -0.15) is 0 Å². The number of rotatable bonds is 5. The zero-order valence-corrected chi connectivity index (χ0v) is 16.8. The highest BCUT2D eigenvalue weighted by molar-refractivity contribution is 5.49. The Morgan fingerprint density at radius 3 is 2.43 bits per heavy atom. The molecule has 144 valence electrons. The molecule has 0 spiro atoms. The lowest BCUT2D eigenvalue weighted by molar-refractivity contribution is 0.305. The number of fused-ring (bicyclic) bond motifs is 1. The molecule has 0 saturated heterocycles. The van der Waals surface area contributed by atoms with Crippen LogP contribution in [-0.2, 0) is 13.0 Å². The minimum Gasteiger partial charge on any atom is -0.496 e. The first-order chi connectivity index (χ1) is 13.7. The van der Waals surface area contributed by atoms with E-state index in [1.807, 2.05) is 18.2 Å². The summed E-state index contributed by atoms with van der Waals surface area (Å²) in [6, 6.07) is 21.5. The van der Waals surface area contributed by atoms with Gasteiger partial charge in [-0.1, -0.05) is 48.5 Å². The summed E-state index contributed by atoms with van der Waals surface area (Å²) in [5, 5.41) is 3.68. The average molecular weight is 373 g/mol. The normalized spacial score (nSPS) is 15.8. The Bertz CT molecular complexity index is 943. The maximum absolute atomic E-state index is 6.03. The minimum absolute atomic E-state index is 0.204. The Morgan fingerprint density at radius 2 is 1.71 bits per heavy atom. The van der Waals surface area contributed by atoms with Gasteiger partial charge in [0, 0.05) is 6.54 Å². The number of benzene rings is 3. The number of hydrogen-bond donors (Lipinski definition) is 1. The molecule has 1 aliphatic rings. The summed E-state index contributed by atoms with van der Waals surface area (Å²) in [5.74, 6) is 1.91. The van der Waals surface area contributed by atoms with Crippen molar-refractivity contribution in [3.8, 4) is 11.5 Å². The fourth-order valence-corrected chi connectivity index (χ4v) is 4.14. The van der Waals surface area contributed by atoms with Gasteiger partial charge >= 0.3 is 0 Å². The zero-order valence-electron chi connectivity index (χ0n) is 16.8. The largest absolute Gasteiger partial charge is 0.496 e. The Balaban J connectivity index is 1.58. The molecule has 0 aromatic heterocycles. The van der Waals surface area contributed by atoms with Crippen molar-refractivity contribution in [3.05, 3.63) is 94.0 Å². The quantitative estimate of drug-likeness (QED) is 0.673. The van der Waals surface area contributed by atoms with Crippen LogP contribution in [0.15, 0.2) is 60.7 Å². The van der Waals surface area contributed by atoms with Crippen LogP contribution in [-0.4, -0.2) is 13.7 Å². The molecule has 1 atom stereocenters. The van der Waals surface area contributed by atoms with Crippen molar-refractivity contribution in [2.45, 2.75) is 32.9 Å². The van der Waals surface area contributed by atoms with Crippen LogP contribution in [0, 0.1) is 13.8 Å². The third-order valence-electron chi connectivity index (χ3n) is 5.44. The van der Waals surface area contributed by atoms with Gasteiger partial charge in [-0.3, -0.25) is 0 Å². The number of nitrogens with one attached hydrogen (secondary N) is 1. The molecule has 3 aromatic rings. The number of hydrogen-bond acceptors (Lipinski definition) is 3. The molecule has 3 heteroatoms. The van der Waals surface area contributed by atoms with E-state index in [2.05, 4.69) is 61.6 Å². The third kappa shape index (κ3) is 3.76. The van der Waals surface area contributed by atoms with Crippen molar-refractivity contribution in [2.75, 3.05) is 13.7 Å². The van der Waals surface area contributed by atoms with Crippen LogP contribution in [0.2, 0.25) is 0 Å². The smallest absolute Gasteiger partial charge is 0.124 e. The molecule has 0 amide bonds. The van der Waals surface area contributed by atoms with E-state index in [0.717, 1.165) is 24.5 Å². The molecule has 0 aliphatic carbocycles. The van der Waals surface area contributed by atoms with Crippen LogP contribution >= 0.6 is 0 Å². The molecule has 1 unspecified atom stereocenters. The van der Waals surface area contributed by atoms with Gasteiger partial charge in [-0.25, -0.2) is 0 Å². The predicted molar refractivity (Wildman–Crippen MR) is 113 cm³/mol. The summed E-state index contributed by atoms with van der Waals surface area (Å²) in [6.07, 6.45) is 1.02. The molecule has 1 aliphatic heterocycles. The number of aryl methyl sites for hydroxylation is 2. The van der Waals surface area contributed by atoms with Crippen molar-refractivity contribution in [1.29, 1.82) is 0 Å². The second-order valence-electron chi connectivity index (χ2n) is 7.46. The number of methoxy groups -OCH3 is 1. The highest BCUT2D eigenvalue weighted by Crippen LogP contribution is 2.34. The van der Waals surface area contributed by atoms with Gasteiger partial charge in [-0.05, 0) is 65.8 Å². The lowest BCUT2D eigenvalue weighted by atomic mass is 9.88. The fraction of sp³-hybridized carbons (Fsp3) is 0.280. The molecular formula is C25H27NO2. The zero-order chi connectivity index (χ0) is 19.5. The molecule has 3 aromatic carbocycles. The standard InChI is InChI=1S/C25H27NO2/c1-17-13-21(14-18(2)25(17)27-3)24-23-10-9-22(15-20(23)11-12-26-24)28-16-19-7-5-4-6-8-19/h4-10,13-15,24,26H,11-12,16H2,1-3H3. The molecular weight excluding hydrogens is 346 g/mol. The average Bonchev–Trinajstić information content (AvgIpc) is 2.72. The van der Waals surface area contributed by atoms with E-state index in [0.29, 0.717) is 6.61 Å². The highest BCUT2D eigenvalue weighted by Gasteiger charge is 2.23. The maximum Gasteiger partial charge on any atom is 0.124 e. The molecule has 1 N–H and O–H groups in total. The monoisotopic (exact) mass is 373 g/mol.